The fourth-order valence-corrected chi connectivity index (χ4v) is 2.05. The quantitative estimate of drug-likeness (QED) is 0.739. The van der Waals surface area contributed by atoms with E-state index in [1.165, 1.54) is 16.8 Å². The molecule has 2 rings (SSSR count). The molecule has 0 saturated heterocycles. The summed E-state index contributed by atoms with van der Waals surface area (Å²) in [4.78, 5) is 0. The number of hydrogen-bond donors (Lipinski definition) is 0. The molecule has 0 aliphatic rings. The lowest BCUT2D eigenvalue weighted by Gasteiger charge is -2.08. The Morgan fingerprint density at radius 1 is 1.00 bits per heavy atom. The Morgan fingerprint density at radius 2 is 1.65 bits per heavy atom. The van der Waals surface area contributed by atoms with Crippen molar-refractivity contribution in [3.05, 3.63) is 35.7 Å². The second kappa shape index (κ2) is 5.85. The van der Waals surface area contributed by atoms with E-state index >= 15 is 0 Å². The molecule has 0 atom stereocenters. The number of aromatic nitrogens is 2. The Morgan fingerprint density at radius 3 is 2.18 bits per heavy atom. The molecule has 2 nitrogen and oxygen atoms in total. The maximum Gasteiger partial charge on any atom is 0.0699 e. The highest BCUT2D eigenvalue weighted by molar-refractivity contribution is 5.58. The zero-order chi connectivity index (χ0) is 13.0. The Kier molecular flexibility index (Phi) is 4.73. The van der Waals surface area contributed by atoms with Gasteiger partial charge in [0.1, 0.15) is 0 Å². The minimum atomic E-state index is 0.488. The first-order valence-electron chi connectivity index (χ1n) is 6.58. The number of nitrogens with zero attached hydrogens (tertiary/aromatic N) is 2. The molecule has 0 aromatic carbocycles. The lowest BCUT2D eigenvalue weighted by molar-refractivity contribution is 0.757. The van der Waals surface area contributed by atoms with Crippen LogP contribution in [0.3, 0.4) is 0 Å². The molecule has 0 unspecified atom stereocenters. The van der Waals surface area contributed by atoms with E-state index in [-0.39, 0.29) is 0 Å². The average molecular weight is 232 g/mol. The summed E-state index contributed by atoms with van der Waals surface area (Å²) in [6.07, 6.45) is 2.02. The Bertz CT molecular complexity index is 467. The molecule has 0 amide bonds. The van der Waals surface area contributed by atoms with E-state index in [9.17, 15) is 0 Å². The molecule has 0 radical (unpaired) electrons. The van der Waals surface area contributed by atoms with Gasteiger partial charge in [-0.05, 0) is 24.0 Å². The summed E-state index contributed by atoms with van der Waals surface area (Å²) in [5, 5.41) is 4.65. The van der Waals surface area contributed by atoms with Gasteiger partial charge in [0.15, 0.2) is 0 Å². The fourth-order valence-electron chi connectivity index (χ4n) is 2.05. The minimum absolute atomic E-state index is 0.488. The van der Waals surface area contributed by atoms with E-state index in [0.29, 0.717) is 11.8 Å². The van der Waals surface area contributed by atoms with Crippen LogP contribution in [-0.4, -0.2) is 9.61 Å². The summed E-state index contributed by atoms with van der Waals surface area (Å²) in [7, 11) is 0. The highest BCUT2D eigenvalue weighted by atomic mass is 15.2. The lowest BCUT2D eigenvalue weighted by atomic mass is 9.96. The van der Waals surface area contributed by atoms with Gasteiger partial charge in [-0.3, -0.25) is 0 Å². The third-order valence-electron chi connectivity index (χ3n) is 2.73. The van der Waals surface area contributed by atoms with Gasteiger partial charge in [0.25, 0.3) is 0 Å². The molecule has 0 bridgehead atoms. The highest BCUT2D eigenvalue weighted by Crippen LogP contribution is 2.28. The molecule has 2 aromatic heterocycles. The summed E-state index contributed by atoms with van der Waals surface area (Å²) < 4.78 is 1.99. The Balaban J connectivity index is 0.000000686. The van der Waals surface area contributed by atoms with Crippen molar-refractivity contribution in [1.29, 1.82) is 0 Å². The van der Waals surface area contributed by atoms with Crippen molar-refractivity contribution in [2.45, 2.75) is 53.4 Å². The van der Waals surface area contributed by atoms with Crippen molar-refractivity contribution < 1.29 is 0 Å². The van der Waals surface area contributed by atoms with E-state index in [1.807, 2.05) is 30.6 Å². The SMILES string of the molecule is CC.CC(C)c1nn2ccccc2c1C(C)C. The predicted molar refractivity (Wildman–Crippen MR) is 74.7 cm³/mol. The van der Waals surface area contributed by atoms with Gasteiger partial charge < -0.3 is 0 Å². The van der Waals surface area contributed by atoms with Gasteiger partial charge in [-0.1, -0.05) is 47.6 Å². The van der Waals surface area contributed by atoms with Gasteiger partial charge in [-0.2, -0.15) is 5.10 Å². The van der Waals surface area contributed by atoms with E-state index < -0.39 is 0 Å². The van der Waals surface area contributed by atoms with Crippen molar-refractivity contribution in [3.63, 3.8) is 0 Å². The zero-order valence-corrected chi connectivity index (χ0v) is 11.9. The summed E-state index contributed by atoms with van der Waals surface area (Å²) in [5.74, 6) is 1.02. The standard InChI is InChI=1S/C13H18N2.C2H6/c1-9(2)12-11-7-5-6-8-15(11)14-13(12)10(3)4;1-2/h5-10H,1-4H3;1-2H3. The first kappa shape index (κ1) is 13.8. The van der Waals surface area contributed by atoms with Gasteiger partial charge in [-0.15, -0.1) is 0 Å². The predicted octanol–water partition coefficient (Wildman–Crippen LogP) is 4.61. The molecule has 2 aromatic rings. The molecule has 0 saturated carbocycles. The largest absolute Gasteiger partial charge is 0.240 e. The summed E-state index contributed by atoms with van der Waals surface area (Å²) in [5.41, 5.74) is 3.87. The van der Waals surface area contributed by atoms with E-state index in [2.05, 4.69) is 44.9 Å². The van der Waals surface area contributed by atoms with Gasteiger partial charge in [0, 0.05) is 11.8 Å². The van der Waals surface area contributed by atoms with Crippen molar-refractivity contribution in [1.82, 2.24) is 9.61 Å². The van der Waals surface area contributed by atoms with Crippen LogP contribution in [0.4, 0.5) is 0 Å². The monoisotopic (exact) mass is 232 g/mol. The van der Waals surface area contributed by atoms with E-state index in [0.717, 1.165) is 0 Å². The number of hydrogen-bond acceptors (Lipinski definition) is 1. The minimum Gasteiger partial charge on any atom is -0.240 e. The van der Waals surface area contributed by atoms with Crippen molar-refractivity contribution in [2.24, 2.45) is 0 Å². The number of pyridine rings is 1. The topological polar surface area (TPSA) is 17.3 Å². The molecule has 2 heteroatoms. The Labute approximate surface area is 105 Å². The molecule has 2 heterocycles. The third kappa shape index (κ3) is 2.68. The fraction of sp³-hybridized carbons (Fsp3) is 0.533. The van der Waals surface area contributed by atoms with Crippen LogP contribution in [0, 0.1) is 0 Å². The van der Waals surface area contributed by atoms with Crippen LogP contribution in [0.25, 0.3) is 5.52 Å². The van der Waals surface area contributed by atoms with Gasteiger partial charge in [0.05, 0.1) is 11.2 Å². The van der Waals surface area contributed by atoms with Crippen molar-refractivity contribution >= 4 is 5.52 Å². The normalized spacial score (nSPS) is 10.8. The highest BCUT2D eigenvalue weighted by Gasteiger charge is 2.17. The van der Waals surface area contributed by atoms with Crippen LogP contribution in [0.15, 0.2) is 24.4 Å². The maximum absolute atomic E-state index is 4.65. The molecule has 17 heavy (non-hydrogen) atoms. The van der Waals surface area contributed by atoms with E-state index in [4.69, 9.17) is 0 Å². The molecule has 0 aliphatic carbocycles. The summed E-state index contributed by atoms with van der Waals surface area (Å²) in [6, 6.07) is 6.25. The van der Waals surface area contributed by atoms with Crippen LogP contribution in [0.5, 0.6) is 0 Å². The smallest absolute Gasteiger partial charge is 0.0699 e. The van der Waals surface area contributed by atoms with Crippen LogP contribution >= 0.6 is 0 Å². The molecular weight excluding hydrogens is 208 g/mol. The first-order chi connectivity index (χ1) is 8.11. The van der Waals surface area contributed by atoms with Crippen molar-refractivity contribution in [3.8, 4) is 0 Å². The van der Waals surface area contributed by atoms with Gasteiger partial charge >= 0.3 is 0 Å². The van der Waals surface area contributed by atoms with Crippen LogP contribution in [0.2, 0.25) is 0 Å². The summed E-state index contributed by atoms with van der Waals surface area (Å²) in [6.45, 7) is 12.9. The van der Waals surface area contributed by atoms with Gasteiger partial charge in [-0.25, -0.2) is 4.52 Å². The van der Waals surface area contributed by atoms with Crippen LogP contribution in [-0.2, 0) is 0 Å². The third-order valence-corrected chi connectivity index (χ3v) is 2.73. The average Bonchev–Trinajstić information content (AvgIpc) is 2.71. The van der Waals surface area contributed by atoms with Gasteiger partial charge in [0.2, 0.25) is 0 Å². The van der Waals surface area contributed by atoms with Crippen LogP contribution < -0.4 is 0 Å². The molecular formula is C15H24N2. The maximum atomic E-state index is 4.65. The summed E-state index contributed by atoms with van der Waals surface area (Å²) >= 11 is 0. The first-order valence-corrected chi connectivity index (χ1v) is 6.58. The second-order valence-corrected chi connectivity index (χ2v) is 4.64. The zero-order valence-electron chi connectivity index (χ0n) is 11.9. The Hall–Kier alpha value is -1.31. The molecule has 0 aliphatic heterocycles. The molecule has 94 valence electrons. The number of rotatable bonds is 2. The second-order valence-electron chi connectivity index (χ2n) is 4.64. The van der Waals surface area contributed by atoms with Crippen LogP contribution in [0.1, 0.15) is 64.6 Å². The molecule has 0 spiro atoms. The van der Waals surface area contributed by atoms with E-state index in [1.54, 1.807) is 0 Å². The van der Waals surface area contributed by atoms with Crippen molar-refractivity contribution in [2.75, 3.05) is 0 Å². The number of fused-ring (bicyclic) bond motifs is 1. The molecule has 0 N–H and O–H groups in total. The lowest BCUT2D eigenvalue weighted by Crippen LogP contribution is -1.96. The molecule has 0 fully saturated rings.